The molecule has 1 N–H and O–H groups in total. The second-order valence-electron chi connectivity index (χ2n) is 3.86. The van der Waals surface area contributed by atoms with E-state index in [1.807, 2.05) is 0 Å². The van der Waals surface area contributed by atoms with Crippen LogP contribution in [0.3, 0.4) is 0 Å². The summed E-state index contributed by atoms with van der Waals surface area (Å²) in [6, 6.07) is 1.72. The first-order valence-electron chi connectivity index (χ1n) is 4.92. The van der Waals surface area contributed by atoms with Gasteiger partial charge in [-0.3, -0.25) is 4.79 Å². The lowest BCUT2D eigenvalue weighted by Crippen LogP contribution is -2.33. The van der Waals surface area contributed by atoms with Crippen LogP contribution in [0, 0.1) is 13.8 Å². The van der Waals surface area contributed by atoms with Crippen molar-refractivity contribution in [3.63, 3.8) is 0 Å². The van der Waals surface area contributed by atoms with Crippen molar-refractivity contribution in [3.8, 4) is 0 Å². The summed E-state index contributed by atoms with van der Waals surface area (Å²) in [6.07, 6.45) is -0.521. The van der Waals surface area contributed by atoms with Gasteiger partial charge in [-0.15, -0.1) is 0 Å². The van der Waals surface area contributed by atoms with E-state index < -0.39 is 6.10 Å². The molecule has 0 fully saturated rings. The third-order valence-corrected chi connectivity index (χ3v) is 2.16. The van der Waals surface area contributed by atoms with Gasteiger partial charge in [0.15, 0.2) is 0 Å². The molecule has 0 radical (unpaired) electrons. The van der Waals surface area contributed by atoms with Crippen LogP contribution in [0.2, 0.25) is 0 Å². The third-order valence-electron chi connectivity index (χ3n) is 2.16. The normalized spacial score (nSPS) is 12.6. The van der Waals surface area contributed by atoms with Crippen LogP contribution in [0.4, 0.5) is 0 Å². The Balaban J connectivity index is 2.80. The number of furan rings is 1. The summed E-state index contributed by atoms with van der Waals surface area (Å²) in [5.74, 6) is 1.22. The average Bonchev–Trinajstić information content (AvgIpc) is 2.42. The van der Waals surface area contributed by atoms with Gasteiger partial charge in [-0.05, 0) is 26.8 Å². The molecular weight excluding hydrogens is 194 g/mol. The van der Waals surface area contributed by atoms with Crippen LogP contribution in [0.25, 0.3) is 0 Å². The molecule has 0 aromatic carbocycles. The maximum atomic E-state index is 11.9. The SMILES string of the molecule is Cc1cc(C(=O)N(C)CC(C)O)c(C)o1. The summed E-state index contributed by atoms with van der Waals surface area (Å²) < 4.78 is 5.28. The van der Waals surface area contributed by atoms with Crippen molar-refractivity contribution in [1.82, 2.24) is 4.90 Å². The second kappa shape index (κ2) is 4.49. The van der Waals surface area contributed by atoms with Gasteiger partial charge in [0.25, 0.3) is 5.91 Å². The van der Waals surface area contributed by atoms with Crippen LogP contribution in [0.15, 0.2) is 10.5 Å². The highest BCUT2D eigenvalue weighted by Crippen LogP contribution is 2.15. The Morgan fingerprint density at radius 2 is 2.20 bits per heavy atom. The van der Waals surface area contributed by atoms with Crippen molar-refractivity contribution in [3.05, 3.63) is 23.2 Å². The van der Waals surface area contributed by atoms with Crippen LogP contribution in [-0.4, -0.2) is 35.6 Å². The summed E-state index contributed by atoms with van der Waals surface area (Å²) in [7, 11) is 1.66. The van der Waals surface area contributed by atoms with Crippen molar-refractivity contribution < 1.29 is 14.3 Å². The molecule has 0 bridgehead atoms. The Labute approximate surface area is 89.5 Å². The number of carbonyl (C=O) groups excluding carboxylic acids is 1. The van der Waals surface area contributed by atoms with Gasteiger partial charge in [-0.2, -0.15) is 0 Å². The number of aryl methyl sites for hydroxylation is 2. The smallest absolute Gasteiger partial charge is 0.257 e. The summed E-state index contributed by atoms with van der Waals surface area (Å²) >= 11 is 0. The van der Waals surface area contributed by atoms with Gasteiger partial charge in [0.1, 0.15) is 11.5 Å². The molecule has 15 heavy (non-hydrogen) atoms. The van der Waals surface area contributed by atoms with E-state index in [9.17, 15) is 9.90 Å². The van der Waals surface area contributed by atoms with Gasteiger partial charge >= 0.3 is 0 Å². The number of carbonyl (C=O) groups is 1. The molecule has 0 saturated heterocycles. The third kappa shape index (κ3) is 2.83. The van der Waals surface area contributed by atoms with E-state index in [0.29, 0.717) is 17.9 Å². The average molecular weight is 211 g/mol. The van der Waals surface area contributed by atoms with Crippen LogP contribution in [0.5, 0.6) is 0 Å². The van der Waals surface area contributed by atoms with Gasteiger partial charge in [0.2, 0.25) is 0 Å². The highest BCUT2D eigenvalue weighted by atomic mass is 16.3. The Bertz CT molecular complexity index is 355. The van der Waals surface area contributed by atoms with E-state index in [-0.39, 0.29) is 5.91 Å². The van der Waals surface area contributed by atoms with Crippen LogP contribution in [0.1, 0.15) is 28.8 Å². The summed E-state index contributed by atoms with van der Waals surface area (Å²) in [5, 5.41) is 9.18. The number of hydrogen-bond acceptors (Lipinski definition) is 3. The lowest BCUT2D eigenvalue weighted by Gasteiger charge is -2.18. The molecule has 1 aromatic heterocycles. The minimum atomic E-state index is -0.521. The Morgan fingerprint density at radius 3 is 2.60 bits per heavy atom. The van der Waals surface area contributed by atoms with Crippen molar-refractivity contribution in [2.45, 2.75) is 26.9 Å². The highest BCUT2D eigenvalue weighted by Gasteiger charge is 2.18. The Morgan fingerprint density at radius 1 is 1.60 bits per heavy atom. The molecule has 0 saturated carbocycles. The molecular formula is C11H17NO3. The van der Waals surface area contributed by atoms with E-state index >= 15 is 0 Å². The number of amides is 1. The maximum Gasteiger partial charge on any atom is 0.257 e. The van der Waals surface area contributed by atoms with Crippen molar-refractivity contribution >= 4 is 5.91 Å². The van der Waals surface area contributed by atoms with E-state index in [4.69, 9.17) is 4.42 Å². The van der Waals surface area contributed by atoms with E-state index in [2.05, 4.69) is 0 Å². The number of aliphatic hydroxyl groups excluding tert-OH is 1. The number of aliphatic hydroxyl groups is 1. The molecule has 0 aliphatic carbocycles. The molecule has 1 heterocycles. The minimum Gasteiger partial charge on any atom is -0.466 e. The fraction of sp³-hybridized carbons (Fsp3) is 0.545. The second-order valence-corrected chi connectivity index (χ2v) is 3.86. The van der Waals surface area contributed by atoms with Crippen molar-refractivity contribution in [1.29, 1.82) is 0 Å². The van der Waals surface area contributed by atoms with Crippen LogP contribution < -0.4 is 0 Å². The van der Waals surface area contributed by atoms with E-state index in [1.165, 1.54) is 4.90 Å². The molecule has 4 heteroatoms. The van der Waals surface area contributed by atoms with Gasteiger partial charge in [-0.1, -0.05) is 0 Å². The zero-order valence-electron chi connectivity index (χ0n) is 9.57. The van der Waals surface area contributed by atoms with Crippen LogP contribution >= 0.6 is 0 Å². The standard InChI is InChI=1S/C11H17NO3/c1-7(13)6-12(4)11(14)10-5-8(2)15-9(10)3/h5,7,13H,6H2,1-4H3. The van der Waals surface area contributed by atoms with Crippen molar-refractivity contribution in [2.75, 3.05) is 13.6 Å². The molecule has 1 atom stereocenters. The predicted octanol–water partition coefficient (Wildman–Crippen LogP) is 1.35. The first kappa shape index (κ1) is 11.8. The quantitative estimate of drug-likeness (QED) is 0.821. The number of rotatable bonds is 3. The summed E-state index contributed by atoms with van der Waals surface area (Å²) in [5.41, 5.74) is 0.565. The van der Waals surface area contributed by atoms with E-state index in [1.54, 1.807) is 33.9 Å². The topological polar surface area (TPSA) is 53.7 Å². The highest BCUT2D eigenvalue weighted by molar-refractivity contribution is 5.95. The first-order valence-corrected chi connectivity index (χ1v) is 4.92. The lowest BCUT2D eigenvalue weighted by molar-refractivity contribution is 0.0702. The van der Waals surface area contributed by atoms with Crippen molar-refractivity contribution in [2.24, 2.45) is 0 Å². The fourth-order valence-corrected chi connectivity index (χ4v) is 1.53. The monoisotopic (exact) mass is 211 g/mol. The maximum absolute atomic E-state index is 11.9. The summed E-state index contributed by atoms with van der Waals surface area (Å²) in [4.78, 5) is 13.4. The number of likely N-dealkylation sites (N-methyl/N-ethyl adjacent to an activating group) is 1. The molecule has 4 nitrogen and oxygen atoms in total. The number of nitrogens with zero attached hydrogens (tertiary/aromatic N) is 1. The minimum absolute atomic E-state index is 0.120. The zero-order chi connectivity index (χ0) is 11.6. The zero-order valence-corrected chi connectivity index (χ0v) is 9.57. The molecule has 0 aliphatic rings. The van der Waals surface area contributed by atoms with Gasteiger partial charge in [-0.25, -0.2) is 0 Å². The molecule has 0 spiro atoms. The Kier molecular flexibility index (Phi) is 3.52. The molecule has 1 amide bonds. The molecule has 1 unspecified atom stereocenters. The summed E-state index contributed by atoms with van der Waals surface area (Å²) in [6.45, 7) is 5.54. The Hall–Kier alpha value is -1.29. The predicted molar refractivity (Wildman–Crippen MR) is 56.8 cm³/mol. The van der Waals surface area contributed by atoms with Gasteiger partial charge < -0.3 is 14.4 Å². The molecule has 0 aliphatic heterocycles. The van der Waals surface area contributed by atoms with Gasteiger partial charge in [0, 0.05) is 13.6 Å². The first-order chi connectivity index (χ1) is 6.91. The lowest BCUT2D eigenvalue weighted by atomic mass is 10.2. The molecule has 1 rings (SSSR count). The molecule has 84 valence electrons. The largest absolute Gasteiger partial charge is 0.466 e. The van der Waals surface area contributed by atoms with Crippen LogP contribution in [-0.2, 0) is 0 Å². The molecule has 1 aromatic rings. The van der Waals surface area contributed by atoms with E-state index in [0.717, 1.165) is 5.76 Å². The number of hydrogen-bond donors (Lipinski definition) is 1. The fourth-order valence-electron chi connectivity index (χ4n) is 1.53. The van der Waals surface area contributed by atoms with Gasteiger partial charge in [0.05, 0.1) is 11.7 Å².